The predicted octanol–water partition coefficient (Wildman–Crippen LogP) is 2.74. The molecule has 1 heterocycles. The summed E-state index contributed by atoms with van der Waals surface area (Å²) < 4.78 is 12.9. The van der Waals surface area contributed by atoms with Crippen LogP contribution in [-0.2, 0) is 6.54 Å². The van der Waals surface area contributed by atoms with E-state index in [4.69, 9.17) is 5.73 Å². The van der Waals surface area contributed by atoms with Gasteiger partial charge in [0.15, 0.2) is 0 Å². The second kappa shape index (κ2) is 5.18. The van der Waals surface area contributed by atoms with Gasteiger partial charge in [-0.15, -0.1) is 0 Å². The summed E-state index contributed by atoms with van der Waals surface area (Å²) in [6.07, 6.45) is 0. The van der Waals surface area contributed by atoms with E-state index < -0.39 is 5.82 Å². The van der Waals surface area contributed by atoms with Crippen molar-refractivity contribution in [2.75, 3.05) is 12.8 Å². The molecule has 0 aliphatic rings. The van der Waals surface area contributed by atoms with Crippen LogP contribution < -0.4 is 5.73 Å². The Labute approximate surface area is 109 Å². The fraction of sp³-hybridized carbons (Fsp3) is 0.154. The molecule has 3 nitrogen and oxygen atoms in total. The van der Waals surface area contributed by atoms with Crippen LogP contribution in [-0.4, -0.2) is 17.9 Å². The summed E-state index contributed by atoms with van der Waals surface area (Å²) in [5.41, 5.74) is 7.21. The standard InChI is InChI=1S/C13H13FN2OS/c1-16(7-9-4-5-18-8-9)13(17)11-3-2-10(14)6-12(11)15/h2-6,8H,7,15H2,1H3. The number of halogens is 1. The van der Waals surface area contributed by atoms with Crippen molar-refractivity contribution in [1.29, 1.82) is 0 Å². The van der Waals surface area contributed by atoms with E-state index in [0.717, 1.165) is 11.6 Å². The number of nitrogens with zero attached hydrogens (tertiary/aromatic N) is 1. The maximum absolute atomic E-state index is 12.9. The summed E-state index contributed by atoms with van der Waals surface area (Å²) in [7, 11) is 1.70. The highest BCUT2D eigenvalue weighted by molar-refractivity contribution is 7.07. The van der Waals surface area contributed by atoms with Crippen LogP contribution in [0.25, 0.3) is 0 Å². The molecule has 0 bridgehead atoms. The zero-order chi connectivity index (χ0) is 13.1. The fourth-order valence-corrected chi connectivity index (χ4v) is 2.32. The second-order valence-corrected chi connectivity index (χ2v) is 4.80. The normalized spacial score (nSPS) is 10.3. The van der Waals surface area contributed by atoms with Crippen LogP contribution in [0.3, 0.4) is 0 Å². The third-order valence-electron chi connectivity index (χ3n) is 2.59. The Morgan fingerprint density at radius 3 is 2.83 bits per heavy atom. The molecular weight excluding hydrogens is 251 g/mol. The number of anilines is 1. The SMILES string of the molecule is CN(Cc1ccsc1)C(=O)c1ccc(F)cc1N. The molecule has 0 fully saturated rings. The number of hydrogen-bond acceptors (Lipinski definition) is 3. The van der Waals surface area contributed by atoms with E-state index in [2.05, 4.69) is 0 Å². The average molecular weight is 264 g/mol. The molecule has 1 amide bonds. The summed E-state index contributed by atoms with van der Waals surface area (Å²) in [5.74, 6) is -0.650. The topological polar surface area (TPSA) is 46.3 Å². The number of nitrogen functional groups attached to an aromatic ring is 1. The van der Waals surface area contributed by atoms with E-state index in [1.54, 1.807) is 23.3 Å². The lowest BCUT2D eigenvalue weighted by atomic mass is 10.1. The Hall–Kier alpha value is -1.88. The number of benzene rings is 1. The smallest absolute Gasteiger partial charge is 0.255 e. The summed E-state index contributed by atoms with van der Waals surface area (Å²) in [6, 6.07) is 5.77. The zero-order valence-electron chi connectivity index (χ0n) is 9.89. The molecule has 5 heteroatoms. The van der Waals surface area contributed by atoms with Crippen molar-refractivity contribution in [1.82, 2.24) is 4.90 Å². The minimum atomic E-state index is -0.440. The highest BCUT2D eigenvalue weighted by Crippen LogP contribution is 2.17. The van der Waals surface area contributed by atoms with Gasteiger partial charge in [0.2, 0.25) is 0 Å². The van der Waals surface area contributed by atoms with Gasteiger partial charge in [-0.3, -0.25) is 4.79 Å². The Kier molecular flexibility index (Phi) is 3.62. The number of thiophene rings is 1. The maximum Gasteiger partial charge on any atom is 0.255 e. The minimum absolute atomic E-state index is 0.164. The highest BCUT2D eigenvalue weighted by atomic mass is 32.1. The molecule has 0 aliphatic heterocycles. The largest absolute Gasteiger partial charge is 0.398 e. The molecular formula is C13H13FN2OS. The first-order valence-electron chi connectivity index (χ1n) is 5.39. The molecule has 1 aromatic carbocycles. The Morgan fingerprint density at radius 1 is 1.44 bits per heavy atom. The van der Waals surface area contributed by atoms with Crippen LogP contribution in [0.15, 0.2) is 35.0 Å². The molecule has 0 saturated carbocycles. The van der Waals surface area contributed by atoms with Gasteiger partial charge in [-0.1, -0.05) is 0 Å². The number of amides is 1. The lowest BCUT2D eigenvalue weighted by Gasteiger charge is -2.17. The molecule has 0 aliphatic carbocycles. The fourth-order valence-electron chi connectivity index (χ4n) is 1.66. The molecule has 0 saturated heterocycles. The Balaban J connectivity index is 2.15. The average Bonchev–Trinajstić information content (AvgIpc) is 2.81. The Morgan fingerprint density at radius 2 is 2.22 bits per heavy atom. The lowest BCUT2D eigenvalue weighted by Crippen LogP contribution is -2.26. The first-order chi connectivity index (χ1) is 8.58. The number of hydrogen-bond donors (Lipinski definition) is 1. The van der Waals surface area contributed by atoms with Crippen molar-refractivity contribution in [2.45, 2.75) is 6.54 Å². The van der Waals surface area contributed by atoms with Crippen molar-refractivity contribution >= 4 is 22.9 Å². The van der Waals surface area contributed by atoms with Crippen LogP contribution in [0, 0.1) is 5.82 Å². The quantitative estimate of drug-likeness (QED) is 0.866. The monoisotopic (exact) mass is 264 g/mol. The van der Waals surface area contributed by atoms with Crippen molar-refractivity contribution in [3.05, 3.63) is 52.0 Å². The number of carbonyl (C=O) groups excluding carboxylic acids is 1. The van der Waals surface area contributed by atoms with Crippen molar-refractivity contribution < 1.29 is 9.18 Å². The van der Waals surface area contributed by atoms with Crippen LogP contribution in [0.1, 0.15) is 15.9 Å². The third kappa shape index (κ3) is 2.68. The molecule has 0 atom stereocenters. The van der Waals surface area contributed by atoms with Gasteiger partial charge in [0.25, 0.3) is 5.91 Å². The third-order valence-corrected chi connectivity index (χ3v) is 3.32. The van der Waals surface area contributed by atoms with Crippen molar-refractivity contribution in [3.8, 4) is 0 Å². The zero-order valence-corrected chi connectivity index (χ0v) is 10.7. The number of carbonyl (C=O) groups is 1. The highest BCUT2D eigenvalue weighted by Gasteiger charge is 2.15. The maximum atomic E-state index is 12.9. The van der Waals surface area contributed by atoms with Gasteiger partial charge < -0.3 is 10.6 Å². The molecule has 2 N–H and O–H groups in total. The molecule has 2 aromatic rings. The van der Waals surface area contributed by atoms with Crippen molar-refractivity contribution in [2.24, 2.45) is 0 Å². The van der Waals surface area contributed by atoms with E-state index in [1.807, 2.05) is 16.8 Å². The summed E-state index contributed by atoms with van der Waals surface area (Å²) in [4.78, 5) is 13.7. The van der Waals surface area contributed by atoms with Gasteiger partial charge in [0, 0.05) is 19.3 Å². The van der Waals surface area contributed by atoms with Crippen molar-refractivity contribution in [3.63, 3.8) is 0 Å². The molecule has 0 unspecified atom stereocenters. The van der Waals surface area contributed by atoms with E-state index in [0.29, 0.717) is 12.1 Å². The molecule has 2 rings (SSSR count). The van der Waals surface area contributed by atoms with Gasteiger partial charge in [-0.25, -0.2) is 4.39 Å². The lowest BCUT2D eigenvalue weighted by molar-refractivity contribution is 0.0786. The van der Waals surface area contributed by atoms with Gasteiger partial charge >= 0.3 is 0 Å². The van der Waals surface area contributed by atoms with Crippen LogP contribution in [0.2, 0.25) is 0 Å². The molecule has 18 heavy (non-hydrogen) atoms. The van der Waals surface area contributed by atoms with Gasteiger partial charge in [0.05, 0.1) is 5.56 Å². The molecule has 94 valence electrons. The second-order valence-electron chi connectivity index (χ2n) is 4.02. The summed E-state index contributed by atoms with van der Waals surface area (Å²) in [6.45, 7) is 0.513. The van der Waals surface area contributed by atoms with E-state index in [9.17, 15) is 9.18 Å². The molecule has 0 spiro atoms. The number of rotatable bonds is 3. The van der Waals surface area contributed by atoms with Crippen LogP contribution in [0.4, 0.5) is 10.1 Å². The summed E-state index contributed by atoms with van der Waals surface area (Å²) >= 11 is 1.58. The Bertz CT molecular complexity index is 554. The molecule has 1 aromatic heterocycles. The van der Waals surface area contributed by atoms with E-state index >= 15 is 0 Å². The first-order valence-corrected chi connectivity index (χ1v) is 6.34. The van der Waals surface area contributed by atoms with E-state index in [-0.39, 0.29) is 11.6 Å². The van der Waals surface area contributed by atoms with Gasteiger partial charge in [0.1, 0.15) is 5.82 Å². The first kappa shape index (κ1) is 12.6. The predicted molar refractivity (Wildman–Crippen MR) is 70.9 cm³/mol. The summed E-state index contributed by atoms with van der Waals surface area (Å²) in [5, 5.41) is 3.94. The van der Waals surface area contributed by atoms with Gasteiger partial charge in [-0.2, -0.15) is 11.3 Å². The van der Waals surface area contributed by atoms with Gasteiger partial charge in [-0.05, 0) is 40.6 Å². The minimum Gasteiger partial charge on any atom is -0.398 e. The van der Waals surface area contributed by atoms with Crippen LogP contribution in [0.5, 0.6) is 0 Å². The number of nitrogens with two attached hydrogens (primary N) is 1. The van der Waals surface area contributed by atoms with E-state index in [1.165, 1.54) is 12.1 Å². The van der Waals surface area contributed by atoms with Crippen LogP contribution >= 0.6 is 11.3 Å². The molecule has 0 radical (unpaired) electrons.